The molecule has 23 heavy (non-hydrogen) atoms. The van der Waals surface area contributed by atoms with Crippen LogP contribution in [-0.2, 0) is 16.4 Å². The van der Waals surface area contributed by atoms with Gasteiger partial charge in [0.05, 0.1) is 4.90 Å². The van der Waals surface area contributed by atoms with Crippen LogP contribution >= 0.6 is 0 Å². The molecular formula is C18H24N2O2S. The van der Waals surface area contributed by atoms with Gasteiger partial charge in [-0.2, -0.15) is 0 Å². The molecular weight excluding hydrogens is 308 g/mol. The Labute approximate surface area is 139 Å². The van der Waals surface area contributed by atoms with Crippen LogP contribution < -0.4 is 9.62 Å². The van der Waals surface area contributed by atoms with Gasteiger partial charge in [0.2, 0.25) is 0 Å². The van der Waals surface area contributed by atoms with Crippen molar-refractivity contribution in [2.24, 2.45) is 0 Å². The number of nitrogens with zero attached hydrogens (tertiary/aromatic N) is 1. The summed E-state index contributed by atoms with van der Waals surface area (Å²) in [6.45, 7) is 8.08. The Hall–Kier alpha value is -2.01. The summed E-state index contributed by atoms with van der Waals surface area (Å²) in [7, 11) is -3.55. The number of anilines is 2. The first-order valence-corrected chi connectivity index (χ1v) is 9.45. The quantitative estimate of drug-likeness (QED) is 0.836. The average Bonchev–Trinajstić information content (AvgIpc) is 2.57. The highest BCUT2D eigenvalue weighted by Crippen LogP contribution is 2.21. The summed E-state index contributed by atoms with van der Waals surface area (Å²) < 4.78 is 27.4. The van der Waals surface area contributed by atoms with Gasteiger partial charge in [-0.15, -0.1) is 0 Å². The fourth-order valence-electron chi connectivity index (χ4n) is 2.45. The zero-order valence-electron chi connectivity index (χ0n) is 13.9. The van der Waals surface area contributed by atoms with Crippen molar-refractivity contribution in [3.63, 3.8) is 0 Å². The van der Waals surface area contributed by atoms with Crippen LogP contribution in [0.15, 0.2) is 53.4 Å². The van der Waals surface area contributed by atoms with Crippen molar-refractivity contribution in [3.8, 4) is 0 Å². The smallest absolute Gasteiger partial charge is 0.261 e. The maximum absolute atomic E-state index is 12.4. The van der Waals surface area contributed by atoms with E-state index in [4.69, 9.17) is 0 Å². The van der Waals surface area contributed by atoms with Crippen molar-refractivity contribution < 1.29 is 8.42 Å². The zero-order valence-corrected chi connectivity index (χ0v) is 14.7. The molecule has 0 saturated heterocycles. The molecule has 2 aromatic rings. The molecule has 0 amide bonds. The predicted octanol–water partition coefficient (Wildman–Crippen LogP) is 3.90. The Balaban J connectivity index is 2.16. The predicted molar refractivity (Wildman–Crippen MR) is 96.6 cm³/mol. The number of rotatable bonds is 7. The second-order valence-corrected chi connectivity index (χ2v) is 7.00. The van der Waals surface area contributed by atoms with E-state index in [0.717, 1.165) is 30.8 Å². The molecule has 1 N–H and O–H groups in total. The maximum Gasteiger partial charge on any atom is 0.261 e. The van der Waals surface area contributed by atoms with Crippen LogP contribution in [0.1, 0.15) is 26.3 Å². The number of benzene rings is 2. The molecule has 0 spiro atoms. The second-order valence-electron chi connectivity index (χ2n) is 5.32. The van der Waals surface area contributed by atoms with Crippen LogP contribution in [0.2, 0.25) is 0 Å². The third kappa shape index (κ3) is 4.26. The number of nitrogens with one attached hydrogen (secondary N) is 1. The molecule has 0 atom stereocenters. The molecule has 0 aliphatic carbocycles. The summed E-state index contributed by atoms with van der Waals surface area (Å²) in [5.41, 5.74) is 2.78. The van der Waals surface area contributed by atoms with Gasteiger partial charge in [-0.3, -0.25) is 4.72 Å². The van der Waals surface area contributed by atoms with Crippen LogP contribution in [0.3, 0.4) is 0 Å². The van der Waals surface area contributed by atoms with E-state index in [-0.39, 0.29) is 4.90 Å². The fraction of sp³-hybridized carbons (Fsp3) is 0.333. The zero-order chi connectivity index (χ0) is 16.9. The molecule has 0 aromatic heterocycles. The number of aryl methyl sites for hydroxylation is 1. The normalized spacial score (nSPS) is 11.3. The minimum Gasteiger partial charge on any atom is -0.372 e. The average molecular weight is 332 g/mol. The highest BCUT2D eigenvalue weighted by atomic mass is 32.2. The van der Waals surface area contributed by atoms with Crippen LogP contribution in [-0.4, -0.2) is 21.5 Å². The van der Waals surface area contributed by atoms with E-state index < -0.39 is 10.0 Å². The van der Waals surface area contributed by atoms with Gasteiger partial charge >= 0.3 is 0 Å². The molecule has 0 aliphatic rings. The fourth-order valence-corrected chi connectivity index (χ4v) is 3.51. The van der Waals surface area contributed by atoms with Crippen molar-refractivity contribution in [1.29, 1.82) is 0 Å². The lowest BCUT2D eigenvalue weighted by Crippen LogP contribution is -2.21. The van der Waals surface area contributed by atoms with Crippen LogP contribution in [0.25, 0.3) is 0 Å². The van der Waals surface area contributed by atoms with Gasteiger partial charge in [-0.25, -0.2) is 8.42 Å². The molecule has 0 radical (unpaired) electrons. The first-order valence-electron chi connectivity index (χ1n) is 7.97. The van der Waals surface area contributed by atoms with E-state index in [2.05, 4.69) is 23.5 Å². The van der Waals surface area contributed by atoms with Gasteiger partial charge in [0, 0.05) is 24.5 Å². The highest BCUT2D eigenvalue weighted by Gasteiger charge is 2.14. The Bertz CT molecular complexity index is 719. The van der Waals surface area contributed by atoms with Gasteiger partial charge in [-0.1, -0.05) is 19.1 Å². The van der Waals surface area contributed by atoms with Crippen molar-refractivity contribution in [1.82, 2.24) is 0 Å². The minimum absolute atomic E-state index is 0.280. The summed E-state index contributed by atoms with van der Waals surface area (Å²) in [4.78, 5) is 2.49. The van der Waals surface area contributed by atoms with E-state index in [9.17, 15) is 8.42 Å². The standard InChI is InChI=1S/C18H24N2O2S/c1-4-15-7-13-18(14-8-15)23(21,22)19-16-9-11-17(12-10-16)20(5-2)6-3/h7-14,19H,4-6H2,1-3H3. The van der Waals surface area contributed by atoms with Gasteiger partial charge in [0.15, 0.2) is 0 Å². The monoisotopic (exact) mass is 332 g/mol. The molecule has 124 valence electrons. The van der Waals surface area contributed by atoms with E-state index >= 15 is 0 Å². The van der Waals surface area contributed by atoms with E-state index in [1.54, 1.807) is 24.3 Å². The molecule has 0 saturated carbocycles. The molecule has 0 fully saturated rings. The van der Waals surface area contributed by atoms with Crippen LogP contribution in [0, 0.1) is 0 Å². The van der Waals surface area contributed by atoms with E-state index in [1.807, 2.05) is 31.2 Å². The lowest BCUT2D eigenvalue weighted by molar-refractivity contribution is 0.601. The summed E-state index contributed by atoms with van der Waals surface area (Å²) in [6.07, 6.45) is 0.889. The van der Waals surface area contributed by atoms with Gasteiger partial charge in [-0.05, 0) is 62.2 Å². The molecule has 2 aromatic carbocycles. The van der Waals surface area contributed by atoms with Crippen molar-refractivity contribution >= 4 is 21.4 Å². The molecule has 0 heterocycles. The Morgan fingerprint density at radius 2 is 1.43 bits per heavy atom. The van der Waals surface area contributed by atoms with Crippen molar-refractivity contribution in [2.45, 2.75) is 32.1 Å². The number of hydrogen-bond donors (Lipinski definition) is 1. The maximum atomic E-state index is 12.4. The summed E-state index contributed by atoms with van der Waals surface area (Å²) >= 11 is 0. The largest absolute Gasteiger partial charge is 0.372 e. The summed E-state index contributed by atoms with van der Waals surface area (Å²) in [6, 6.07) is 14.4. The van der Waals surface area contributed by atoms with Crippen molar-refractivity contribution in [3.05, 3.63) is 54.1 Å². The number of sulfonamides is 1. The lowest BCUT2D eigenvalue weighted by Gasteiger charge is -2.21. The molecule has 0 bridgehead atoms. The van der Waals surface area contributed by atoms with Crippen LogP contribution in [0.5, 0.6) is 0 Å². The first-order chi connectivity index (χ1) is 11.0. The van der Waals surface area contributed by atoms with Gasteiger partial charge in [0.1, 0.15) is 0 Å². The van der Waals surface area contributed by atoms with Gasteiger partial charge < -0.3 is 4.90 Å². The second kappa shape index (κ2) is 7.51. The third-order valence-corrected chi connectivity index (χ3v) is 5.29. The Kier molecular flexibility index (Phi) is 5.66. The Morgan fingerprint density at radius 1 is 0.870 bits per heavy atom. The first kappa shape index (κ1) is 17.3. The summed E-state index contributed by atoms with van der Waals surface area (Å²) in [5, 5.41) is 0. The molecule has 0 aliphatic heterocycles. The van der Waals surface area contributed by atoms with Crippen LogP contribution in [0.4, 0.5) is 11.4 Å². The lowest BCUT2D eigenvalue weighted by atomic mass is 10.2. The van der Waals surface area contributed by atoms with E-state index in [0.29, 0.717) is 5.69 Å². The van der Waals surface area contributed by atoms with Crippen molar-refractivity contribution in [2.75, 3.05) is 22.7 Å². The summed E-state index contributed by atoms with van der Waals surface area (Å²) in [5.74, 6) is 0. The highest BCUT2D eigenvalue weighted by molar-refractivity contribution is 7.92. The number of hydrogen-bond acceptors (Lipinski definition) is 3. The van der Waals surface area contributed by atoms with Gasteiger partial charge in [0.25, 0.3) is 10.0 Å². The Morgan fingerprint density at radius 3 is 1.91 bits per heavy atom. The SMILES string of the molecule is CCc1ccc(S(=O)(=O)Nc2ccc(N(CC)CC)cc2)cc1. The van der Waals surface area contributed by atoms with E-state index in [1.165, 1.54) is 0 Å². The molecule has 5 heteroatoms. The third-order valence-electron chi connectivity index (χ3n) is 3.89. The molecule has 2 rings (SSSR count). The minimum atomic E-state index is -3.55. The topological polar surface area (TPSA) is 49.4 Å². The molecule has 0 unspecified atom stereocenters. The molecule has 4 nitrogen and oxygen atoms in total.